The van der Waals surface area contributed by atoms with Crippen molar-refractivity contribution in [3.8, 4) is 23.0 Å². The molecule has 0 aliphatic carbocycles. The monoisotopic (exact) mass is 831 g/mol. The van der Waals surface area contributed by atoms with Crippen molar-refractivity contribution in [1.29, 1.82) is 0 Å². The number of hydrogen-bond donors (Lipinski definition) is 1. The second kappa shape index (κ2) is 14.5. The van der Waals surface area contributed by atoms with Crippen LogP contribution < -0.4 is 24.2 Å². The van der Waals surface area contributed by atoms with Crippen molar-refractivity contribution in [2.75, 3.05) is 21.3 Å². The van der Waals surface area contributed by atoms with Crippen LogP contribution in [0.3, 0.4) is 0 Å². The normalized spacial score (nSPS) is 21.5. The third kappa shape index (κ3) is 6.07. The lowest BCUT2D eigenvalue weighted by molar-refractivity contribution is -0.146. The predicted molar refractivity (Wildman–Crippen MR) is 233 cm³/mol. The van der Waals surface area contributed by atoms with Gasteiger partial charge in [0.05, 0.1) is 40.8 Å². The van der Waals surface area contributed by atoms with Crippen LogP contribution in [-0.2, 0) is 21.7 Å². The molecule has 61 heavy (non-hydrogen) atoms. The van der Waals surface area contributed by atoms with E-state index in [1.54, 1.807) is 76.3 Å². The Balaban J connectivity index is 1.10. The smallest absolute Gasteiger partial charge is 0.266 e. The van der Waals surface area contributed by atoms with Crippen molar-refractivity contribution in [3.05, 3.63) is 162 Å². The van der Waals surface area contributed by atoms with Gasteiger partial charge in [0.2, 0.25) is 8.41 Å². The molecule has 0 bridgehead atoms. The molecular formula is C49H42FN3O7Si. The SMILES string of the molecule is C[C@@H]1[C@@H]([Si](C)(C)F)[C@H](CCO)O[C@@]12C(=O)N(Cc1cccc(N3C(=O)c4ccccc4Oc4ccccc43)c1)c1ccc(N3C(=O)c4ccccc4Oc4ccccc43)cc12. The lowest BCUT2D eigenvalue weighted by Crippen LogP contribution is -2.45. The number of ether oxygens (including phenoxy) is 3. The summed E-state index contributed by atoms with van der Waals surface area (Å²) in [5.41, 5.74) is 2.44. The molecule has 10 rings (SSSR count). The summed E-state index contributed by atoms with van der Waals surface area (Å²) in [6.07, 6.45) is -0.568. The highest BCUT2D eigenvalue weighted by Crippen LogP contribution is 2.61. The van der Waals surface area contributed by atoms with E-state index in [0.717, 1.165) is 5.56 Å². The number of benzene rings is 6. The number of aliphatic hydroxyl groups excluding tert-OH is 1. The molecule has 4 aliphatic heterocycles. The molecule has 12 heteroatoms. The molecule has 1 N–H and O–H groups in total. The molecule has 6 aromatic carbocycles. The molecule has 1 saturated heterocycles. The largest absolute Gasteiger partial charge is 0.454 e. The summed E-state index contributed by atoms with van der Waals surface area (Å²) >= 11 is 0. The van der Waals surface area contributed by atoms with Crippen LogP contribution in [0.5, 0.6) is 23.0 Å². The molecule has 4 atom stereocenters. The first-order valence-electron chi connectivity index (χ1n) is 20.4. The Labute approximate surface area is 353 Å². The van der Waals surface area contributed by atoms with Crippen molar-refractivity contribution < 1.29 is 37.8 Å². The van der Waals surface area contributed by atoms with Gasteiger partial charge in [0.1, 0.15) is 11.5 Å². The Morgan fingerprint density at radius 2 is 1.20 bits per heavy atom. The standard InChI is InChI=1S/C49H42FN3O7Si/c1-30-45(61(2,3)50)44(25-26-54)60-49(30)36-28-33(53-39-18-7-11-22-43(39)59-41-20-9-5-16-35(41)47(53)56)23-24-37(36)51(48(49)57)29-31-13-12-14-32(27-31)52-38-17-6-10-21-42(38)58-40-19-8-4-15-34(40)46(52)55/h4-24,27-28,30,44-45,54H,25-26,29H2,1-3H3/t30-,44+,45-,49+/m1/s1. The summed E-state index contributed by atoms with van der Waals surface area (Å²) in [5.74, 6) is 0.290. The quantitative estimate of drug-likeness (QED) is 0.126. The highest BCUT2D eigenvalue weighted by Gasteiger charge is 2.66. The first-order chi connectivity index (χ1) is 29.5. The minimum Gasteiger partial charge on any atom is -0.454 e. The maximum absolute atomic E-state index is 16.5. The van der Waals surface area contributed by atoms with Gasteiger partial charge in [-0.2, -0.15) is 0 Å². The number of nitrogens with zero attached hydrogens (tertiary/aromatic N) is 3. The Kier molecular flexibility index (Phi) is 9.20. The molecule has 3 amide bonds. The van der Waals surface area contributed by atoms with E-state index >= 15 is 8.90 Å². The van der Waals surface area contributed by atoms with Gasteiger partial charge in [-0.05, 0) is 104 Å². The van der Waals surface area contributed by atoms with Gasteiger partial charge >= 0.3 is 0 Å². The molecule has 0 saturated carbocycles. The van der Waals surface area contributed by atoms with E-state index in [-0.39, 0.29) is 37.3 Å². The summed E-state index contributed by atoms with van der Waals surface area (Å²) in [6, 6.07) is 41.7. The lowest BCUT2D eigenvalue weighted by Gasteiger charge is -2.31. The van der Waals surface area contributed by atoms with Crippen LogP contribution >= 0.6 is 0 Å². The molecule has 0 aromatic heterocycles. The maximum Gasteiger partial charge on any atom is 0.266 e. The Morgan fingerprint density at radius 3 is 1.77 bits per heavy atom. The van der Waals surface area contributed by atoms with Crippen molar-refractivity contribution in [2.24, 2.45) is 5.92 Å². The Bertz CT molecular complexity index is 2770. The van der Waals surface area contributed by atoms with E-state index in [2.05, 4.69) is 0 Å². The minimum absolute atomic E-state index is 0.0894. The van der Waals surface area contributed by atoms with Gasteiger partial charge in [0.25, 0.3) is 17.7 Å². The minimum atomic E-state index is -3.51. The molecule has 1 fully saturated rings. The number of rotatable bonds is 7. The maximum atomic E-state index is 16.5. The number of fused-ring (bicyclic) bond motifs is 6. The predicted octanol–water partition coefficient (Wildman–Crippen LogP) is 10.6. The fraction of sp³-hybridized carbons (Fsp3) is 0.204. The van der Waals surface area contributed by atoms with E-state index in [0.29, 0.717) is 68.1 Å². The second-order valence-electron chi connectivity index (χ2n) is 16.5. The average Bonchev–Trinajstić information content (AvgIpc) is 3.56. The van der Waals surface area contributed by atoms with E-state index in [1.165, 1.54) is 0 Å². The number of hydrogen-bond acceptors (Lipinski definition) is 7. The summed E-state index contributed by atoms with van der Waals surface area (Å²) in [7, 11) is -3.51. The molecule has 306 valence electrons. The molecule has 0 unspecified atom stereocenters. The van der Waals surface area contributed by atoms with Gasteiger partial charge in [-0.25, -0.2) is 0 Å². The highest BCUT2D eigenvalue weighted by atomic mass is 28.4. The molecule has 4 aliphatic rings. The van der Waals surface area contributed by atoms with Crippen molar-refractivity contribution >= 4 is 54.6 Å². The van der Waals surface area contributed by atoms with Gasteiger partial charge in [-0.3, -0.25) is 24.2 Å². The van der Waals surface area contributed by atoms with Gasteiger partial charge in [0, 0.05) is 35.0 Å². The van der Waals surface area contributed by atoms with Gasteiger partial charge in [0.15, 0.2) is 17.1 Å². The van der Waals surface area contributed by atoms with Crippen LogP contribution in [0.15, 0.2) is 140 Å². The van der Waals surface area contributed by atoms with Crippen LogP contribution in [0.2, 0.25) is 18.6 Å². The summed E-state index contributed by atoms with van der Waals surface area (Å²) < 4.78 is 35.9. The fourth-order valence-electron chi connectivity index (χ4n) is 9.84. The Hall–Kier alpha value is -6.60. The van der Waals surface area contributed by atoms with Gasteiger partial charge in [-0.1, -0.05) is 67.6 Å². The van der Waals surface area contributed by atoms with Crippen molar-refractivity contribution in [1.82, 2.24) is 0 Å². The van der Waals surface area contributed by atoms with Crippen LogP contribution in [0.25, 0.3) is 0 Å². The fourth-order valence-corrected chi connectivity index (χ4v) is 12.4. The highest BCUT2D eigenvalue weighted by molar-refractivity contribution is 6.72. The number of carbonyl (C=O) groups is 3. The third-order valence-electron chi connectivity index (χ3n) is 12.4. The zero-order valence-corrected chi connectivity index (χ0v) is 34.7. The van der Waals surface area contributed by atoms with Crippen molar-refractivity contribution in [3.63, 3.8) is 0 Å². The number of aliphatic hydroxyl groups is 1. The summed E-state index contributed by atoms with van der Waals surface area (Å²) in [5, 5.41) is 10.2. The van der Waals surface area contributed by atoms with E-state index < -0.39 is 31.6 Å². The summed E-state index contributed by atoms with van der Waals surface area (Å²) in [6.45, 7) is 4.96. The first kappa shape index (κ1) is 38.6. The number of para-hydroxylation sites is 6. The van der Waals surface area contributed by atoms with Gasteiger partial charge < -0.3 is 28.3 Å². The zero-order chi connectivity index (χ0) is 42.2. The van der Waals surface area contributed by atoms with E-state index in [1.807, 2.05) is 97.9 Å². The molecule has 10 nitrogen and oxygen atoms in total. The van der Waals surface area contributed by atoms with Crippen LogP contribution in [0, 0.1) is 5.92 Å². The number of halogens is 1. The van der Waals surface area contributed by atoms with Crippen LogP contribution in [0.4, 0.5) is 32.5 Å². The number of anilines is 5. The molecule has 0 radical (unpaired) electrons. The van der Waals surface area contributed by atoms with E-state index in [4.69, 9.17) is 14.2 Å². The third-order valence-corrected chi connectivity index (χ3v) is 14.9. The topological polar surface area (TPSA) is 109 Å². The molecular weight excluding hydrogens is 790 g/mol. The molecule has 1 spiro atoms. The van der Waals surface area contributed by atoms with Crippen LogP contribution in [-0.4, -0.2) is 43.9 Å². The molecule has 4 heterocycles. The van der Waals surface area contributed by atoms with E-state index in [9.17, 15) is 14.7 Å². The number of carbonyl (C=O) groups excluding carboxylic acids is 3. The van der Waals surface area contributed by atoms with Crippen molar-refractivity contribution in [2.45, 2.75) is 50.2 Å². The summed E-state index contributed by atoms with van der Waals surface area (Å²) in [4.78, 5) is 49.2. The van der Waals surface area contributed by atoms with Gasteiger partial charge in [-0.15, -0.1) is 0 Å². The Morgan fingerprint density at radius 1 is 0.656 bits per heavy atom. The first-order valence-corrected chi connectivity index (χ1v) is 23.4. The average molecular weight is 832 g/mol. The number of amides is 3. The second-order valence-corrected chi connectivity index (χ2v) is 20.3. The lowest BCUT2D eigenvalue weighted by atomic mass is 9.82. The molecule has 6 aromatic rings. The van der Waals surface area contributed by atoms with Crippen LogP contribution in [0.1, 0.15) is 45.2 Å². The zero-order valence-electron chi connectivity index (χ0n) is 33.7.